The van der Waals surface area contributed by atoms with E-state index in [1.165, 1.54) is 21.7 Å². The summed E-state index contributed by atoms with van der Waals surface area (Å²) in [6, 6.07) is 8.32. The van der Waals surface area contributed by atoms with Gasteiger partial charge in [-0.05, 0) is 58.2 Å². The lowest BCUT2D eigenvalue weighted by Gasteiger charge is -2.19. The van der Waals surface area contributed by atoms with Gasteiger partial charge in [-0.25, -0.2) is 5.01 Å². The van der Waals surface area contributed by atoms with Gasteiger partial charge in [-0.15, -0.1) is 0 Å². The van der Waals surface area contributed by atoms with Crippen LogP contribution in [0.15, 0.2) is 64.4 Å². The van der Waals surface area contributed by atoms with Crippen molar-refractivity contribution in [1.82, 2.24) is 5.01 Å². The van der Waals surface area contributed by atoms with E-state index in [4.69, 9.17) is 0 Å². The van der Waals surface area contributed by atoms with Crippen molar-refractivity contribution in [2.24, 2.45) is 5.10 Å². The maximum Gasteiger partial charge on any atom is 0.277 e. The van der Waals surface area contributed by atoms with Crippen LogP contribution in [0.1, 0.15) is 58.4 Å². The number of hydrogen-bond acceptors (Lipinski definition) is 4. The Morgan fingerprint density at radius 1 is 1.28 bits per heavy atom. The SMILES string of the molecule is CC(=O)CCCN1N=C(C)/C(=C/Nc2cccc(C3C=C(C)C(C)=CC3)c2)C1=O. The highest BCUT2D eigenvalue weighted by Gasteiger charge is 2.27. The number of hydrazone groups is 1. The first-order valence-electron chi connectivity index (χ1n) is 10.1. The molecule has 0 spiro atoms. The Morgan fingerprint density at radius 3 is 2.79 bits per heavy atom. The molecule has 1 aromatic carbocycles. The van der Waals surface area contributed by atoms with E-state index >= 15 is 0 Å². The van der Waals surface area contributed by atoms with E-state index in [2.05, 4.69) is 48.6 Å². The number of Topliss-reactive ketones (excluding diaryl/α,β-unsaturated/α-hetero) is 1. The number of nitrogens with one attached hydrogen (secondary N) is 1. The zero-order valence-corrected chi connectivity index (χ0v) is 17.7. The molecule has 1 aliphatic carbocycles. The molecule has 0 aromatic heterocycles. The summed E-state index contributed by atoms with van der Waals surface area (Å²) in [7, 11) is 0. The predicted octanol–water partition coefficient (Wildman–Crippen LogP) is 4.95. The fraction of sp³-hybridized carbons (Fsp3) is 0.375. The second-order valence-corrected chi connectivity index (χ2v) is 7.83. The minimum Gasteiger partial charge on any atom is -0.361 e. The maximum atomic E-state index is 12.6. The van der Waals surface area contributed by atoms with Crippen LogP contribution in [0.3, 0.4) is 0 Å². The molecule has 1 unspecified atom stereocenters. The molecule has 29 heavy (non-hydrogen) atoms. The van der Waals surface area contributed by atoms with Gasteiger partial charge >= 0.3 is 0 Å². The number of carbonyl (C=O) groups excluding carboxylic acids is 2. The molecule has 5 nitrogen and oxygen atoms in total. The smallest absolute Gasteiger partial charge is 0.277 e. The van der Waals surface area contributed by atoms with Gasteiger partial charge in [0.25, 0.3) is 5.91 Å². The number of rotatable bonds is 7. The number of amides is 1. The van der Waals surface area contributed by atoms with E-state index < -0.39 is 0 Å². The number of anilines is 1. The highest BCUT2D eigenvalue weighted by atomic mass is 16.2. The first-order valence-corrected chi connectivity index (χ1v) is 10.1. The monoisotopic (exact) mass is 391 g/mol. The summed E-state index contributed by atoms with van der Waals surface area (Å²) < 4.78 is 0. The number of allylic oxidation sites excluding steroid dienone is 4. The second-order valence-electron chi connectivity index (χ2n) is 7.83. The molecule has 1 heterocycles. The topological polar surface area (TPSA) is 61.8 Å². The molecule has 1 amide bonds. The Balaban J connectivity index is 1.67. The van der Waals surface area contributed by atoms with Crippen molar-refractivity contribution < 1.29 is 9.59 Å². The summed E-state index contributed by atoms with van der Waals surface area (Å²) in [5, 5.41) is 9.05. The van der Waals surface area contributed by atoms with Gasteiger partial charge in [0.1, 0.15) is 5.78 Å². The quantitative estimate of drug-likeness (QED) is 0.669. The van der Waals surface area contributed by atoms with Crippen LogP contribution in [-0.2, 0) is 9.59 Å². The van der Waals surface area contributed by atoms with Crippen LogP contribution in [0.5, 0.6) is 0 Å². The van der Waals surface area contributed by atoms with E-state index in [1.807, 2.05) is 19.1 Å². The van der Waals surface area contributed by atoms with Crippen molar-refractivity contribution in [3.05, 3.63) is 64.9 Å². The molecule has 0 fully saturated rings. The molecular weight excluding hydrogens is 362 g/mol. The number of benzene rings is 1. The third-order valence-electron chi connectivity index (χ3n) is 5.47. The second kappa shape index (κ2) is 9.03. The first-order chi connectivity index (χ1) is 13.8. The van der Waals surface area contributed by atoms with Gasteiger partial charge in [-0.1, -0.05) is 35.4 Å². The normalized spacial score (nSPS) is 20.5. The third kappa shape index (κ3) is 5.11. The molecule has 0 bridgehead atoms. The highest BCUT2D eigenvalue weighted by molar-refractivity contribution is 6.23. The van der Waals surface area contributed by atoms with E-state index in [0.717, 1.165) is 12.1 Å². The van der Waals surface area contributed by atoms with E-state index in [1.54, 1.807) is 13.1 Å². The van der Waals surface area contributed by atoms with Crippen molar-refractivity contribution in [3.8, 4) is 0 Å². The van der Waals surface area contributed by atoms with E-state index in [9.17, 15) is 9.59 Å². The lowest BCUT2D eigenvalue weighted by molar-refractivity contribution is -0.126. The average Bonchev–Trinajstić information content (AvgIpc) is 2.95. The van der Waals surface area contributed by atoms with Gasteiger partial charge < -0.3 is 10.1 Å². The molecule has 152 valence electrons. The van der Waals surface area contributed by atoms with Crippen molar-refractivity contribution in [2.75, 3.05) is 11.9 Å². The molecule has 3 rings (SSSR count). The van der Waals surface area contributed by atoms with Gasteiger partial charge in [0.2, 0.25) is 0 Å². The van der Waals surface area contributed by atoms with E-state index in [-0.39, 0.29) is 11.7 Å². The molecule has 1 N–H and O–H groups in total. The van der Waals surface area contributed by atoms with Gasteiger partial charge in [0.15, 0.2) is 0 Å². The molecule has 1 aliphatic heterocycles. The van der Waals surface area contributed by atoms with Gasteiger partial charge in [0.05, 0.1) is 11.3 Å². The average molecular weight is 392 g/mol. The van der Waals surface area contributed by atoms with Crippen molar-refractivity contribution >= 4 is 23.1 Å². The standard InChI is InChI=1S/C24H29N3O2/c1-16-10-11-21(13-17(16)2)20-8-5-9-22(14-20)25-15-23-19(4)26-27(24(23)29)12-6-7-18(3)28/h5,8-10,13-15,21,25H,6-7,11-12H2,1-4H3/b23-15-. The highest BCUT2D eigenvalue weighted by Crippen LogP contribution is 2.31. The van der Waals surface area contributed by atoms with Crippen molar-refractivity contribution in [3.63, 3.8) is 0 Å². The Kier molecular flexibility index (Phi) is 6.47. The van der Waals surface area contributed by atoms with Crippen molar-refractivity contribution in [1.29, 1.82) is 0 Å². The maximum absolute atomic E-state index is 12.6. The van der Waals surface area contributed by atoms with Crippen LogP contribution < -0.4 is 5.32 Å². The van der Waals surface area contributed by atoms with Crippen LogP contribution in [0, 0.1) is 0 Å². The summed E-state index contributed by atoms with van der Waals surface area (Å²) in [4.78, 5) is 23.7. The molecule has 5 heteroatoms. The molecule has 1 aromatic rings. The molecule has 0 saturated heterocycles. The number of hydrogen-bond donors (Lipinski definition) is 1. The van der Waals surface area contributed by atoms with E-state index in [0.29, 0.717) is 36.6 Å². The van der Waals surface area contributed by atoms with Crippen LogP contribution in [0.2, 0.25) is 0 Å². The van der Waals surface area contributed by atoms with Crippen LogP contribution in [0.25, 0.3) is 0 Å². The first kappa shape index (κ1) is 20.8. The fourth-order valence-corrected chi connectivity index (χ4v) is 3.58. The number of nitrogens with zero attached hydrogens (tertiary/aromatic N) is 2. The zero-order chi connectivity index (χ0) is 21.0. The molecule has 0 radical (unpaired) electrons. The number of carbonyl (C=O) groups is 2. The lowest BCUT2D eigenvalue weighted by atomic mass is 9.87. The molecule has 1 atom stereocenters. The Morgan fingerprint density at radius 2 is 2.07 bits per heavy atom. The minimum atomic E-state index is -0.124. The van der Waals surface area contributed by atoms with Crippen molar-refractivity contribution in [2.45, 2.75) is 52.9 Å². The van der Waals surface area contributed by atoms with Crippen LogP contribution >= 0.6 is 0 Å². The summed E-state index contributed by atoms with van der Waals surface area (Å²) in [5.74, 6) is 0.380. The lowest BCUT2D eigenvalue weighted by Crippen LogP contribution is -2.24. The molecular formula is C24H29N3O2. The summed E-state index contributed by atoms with van der Waals surface area (Å²) in [5.41, 5.74) is 6.13. The predicted molar refractivity (Wildman–Crippen MR) is 118 cm³/mol. The zero-order valence-electron chi connectivity index (χ0n) is 17.7. The minimum absolute atomic E-state index is 0.124. The molecule has 0 saturated carbocycles. The summed E-state index contributed by atoms with van der Waals surface area (Å²) in [6.45, 7) is 8.16. The third-order valence-corrected chi connectivity index (χ3v) is 5.47. The largest absolute Gasteiger partial charge is 0.361 e. The molecule has 2 aliphatic rings. The van der Waals surface area contributed by atoms with Gasteiger partial charge in [-0.2, -0.15) is 5.10 Å². The van der Waals surface area contributed by atoms with Crippen LogP contribution in [-0.4, -0.2) is 29.0 Å². The Hall–Kier alpha value is -2.95. The Labute approximate surface area is 172 Å². The summed E-state index contributed by atoms with van der Waals surface area (Å²) in [6.07, 6.45) is 8.45. The Bertz CT molecular complexity index is 937. The summed E-state index contributed by atoms with van der Waals surface area (Å²) >= 11 is 0. The number of ketones is 1. The van der Waals surface area contributed by atoms with Gasteiger partial charge in [-0.3, -0.25) is 4.79 Å². The fourth-order valence-electron chi connectivity index (χ4n) is 3.58. The van der Waals surface area contributed by atoms with Crippen LogP contribution in [0.4, 0.5) is 5.69 Å². The van der Waals surface area contributed by atoms with Gasteiger partial charge in [0, 0.05) is 30.8 Å².